The topological polar surface area (TPSA) is 18.5 Å². The van der Waals surface area contributed by atoms with Crippen LogP contribution in [0.4, 0.5) is 0 Å². The molecule has 0 bridgehead atoms. The van der Waals surface area contributed by atoms with Crippen LogP contribution in [0.1, 0.15) is 20.3 Å². The molecule has 118 valence electrons. The lowest BCUT2D eigenvalue weighted by atomic mass is 10.3. The number of rotatable bonds is 8. The molecule has 0 aromatic heterocycles. The average Bonchev–Trinajstić information content (AvgIpc) is 2.59. The van der Waals surface area contributed by atoms with Crippen LogP contribution in [0.25, 0.3) is 0 Å². The van der Waals surface area contributed by atoms with Crippen LogP contribution in [0.5, 0.6) is 0 Å². The van der Waals surface area contributed by atoms with Gasteiger partial charge in [-0.1, -0.05) is 67.6 Å². The summed E-state index contributed by atoms with van der Waals surface area (Å²) in [4.78, 5) is 0. The summed E-state index contributed by atoms with van der Waals surface area (Å²) < 4.78 is 12.2. The van der Waals surface area contributed by atoms with Crippen molar-refractivity contribution in [1.29, 1.82) is 0 Å². The highest BCUT2D eigenvalue weighted by molar-refractivity contribution is 6.96. The lowest BCUT2D eigenvalue weighted by Crippen LogP contribution is -2.58. The summed E-state index contributed by atoms with van der Waals surface area (Å²) in [7, 11) is -2.16. The molecule has 0 aliphatic rings. The zero-order chi connectivity index (χ0) is 15.8. The fourth-order valence-corrected chi connectivity index (χ4v) is 5.27. The Bertz CT molecular complexity index is 502. The Balaban J connectivity index is 2.13. The van der Waals surface area contributed by atoms with Crippen LogP contribution in [0, 0.1) is 0 Å². The zero-order valence-electron chi connectivity index (χ0n) is 13.8. The summed E-state index contributed by atoms with van der Waals surface area (Å²) in [6.45, 7) is 7.79. The van der Waals surface area contributed by atoms with Gasteiger partial charge in [0.2, 0.25) is 0 Å². The molecular weight excluding hydrogens is 288 g/mol. The lowest BCUT2D eigenvalue weighted by molar-refractivity contribution is 0.0419. The van der Waals surface area contributed by atoms with E-state index in [4.69, 9.17) is 9.16 Å². The van der Waals surface area contributed by atoms with Crippen molar-refractivity contribution in [2.24, 2.45) is 0 Å². The fourth-order valence-electron chi connectivity index (χ4n) is 2.46. The maximum Gasteiger partial charge on any atom is 0.252 e. The van der Waals surface area contributed by atoms with E-state index in [2.05, 4.69) is 81.1 Å². The summed E-state index contributed by atoms with van der Waals surface area (Å²) in [5, 5.41) is 2.59. The highest BCUT2D eigenvalue weighted by Gasteiger charge is 2.33. The maximum atomic E-state index is 6.41. The summed E-state index contributed by atoms with van der Waals surface area (Å²) in [6, 6.07) is 21.1. The molecule has 0 aliphatic carbocycles. The molecule has 22 heavy (non-hydrogen) atoms. The Morgan fingerprint density at radius 2 is 1.36 bits per heavy atom. The molecule has 1 unspecified atom stereocenters. The predicted octanol–water partition coefficient (Wildman–Crippen LogP) is 3.21. The van der Waals surface area contributed by atoms with Gasteiger partial charge in [-0.3, -0.25) is 0 Å². The quantitative estimate of drug-likeness (QED) is 0.550. The molecule has 1 atom stereocenters. The van der Waals surface area contributed by atoms with Gasteiger partial charge in [0.15, 0.2) is 0 Å². The van der Waals surface area contributed by atoms with Gasteiger partial charge >= 0.3 is 0 Å². The summed E-state index contributed by atoms with van der Waals surface area (Å²) >= 11 is 0. The Kier molecular flexibility index (Phi) is 6.37. The Hall–Kier alpha value is -1.42. The summed E-state index contributed by atoms with van der Waals surface area (Å²) in [6.07, 6.45) is 1.33. The van der Waals surface area contributed by atoms with E-state index in [1.165, 1.54) is 10.4 Å². The summed E-state index contributed by atoms with van der Waals surface area (Å²) in [5.74, 6) is 0. The van der Waals surface area contributed by atoms with Crippen molar-refractivity contribution in [3.8, 4) is 0 Å². The standard InChI is InChI=1S/C19H26O2Si/c1-4-17(2)20-15-16-21-22(3,18-11-7-5-8-12-18)19-13-9-6-10-14-19/h5-14,17H,4,15-16H2,1-3H3. The van der Waals surface area contributed by atoms with E-state index < -0.39 is 8.32 Å². The molecule has 0 saturated carbocycles. The minimum atomic E-state index is -2.16. The number of hydrogen-bond donors (Lipinski definition) is 0. The second-order valence-corrected chi connectivity index (χ2v) is 9.21. The molecule has 0 heterocycles. The van der Waals surface area contributed by atoms with E-state index in [0.29, 0.717) is 19.3 Å². The van der Waals surface area contributed by atoms with Gasteiger partial charge in [0.25, 0.3) is 8.32 Å². The minimum absolute atomic E-state index is 0.296. The van der Waals surface area contributed by atoms with Gasteiger partial charge in [-0.2, -0.15) is 0 Å². The van der Waals surface area contributed by atoms with Crippen molar-refractivity contribution < 1.29 is 9.16 Å². The fraction of sp³-hybridized carbons (Fsp3) is 0.368. The van der Waals surface area contributed by atoms with Crippen molar-refractivity contribution in [2.75, 3.05) is 13.2 Å². The molecule has 2 aromatic carbocycles. The van der Waals surface area contributed by atoms with Gasteiger partial charge in [-0.25, -0.2) is 0 Å². The van der Waals surface area contributed by atoms with E-state index in [0.717, 1.165) is 6.42 Å². The van der Waals surface area contributed by atoms with Crippen molar-refractivity contribution in [1.82, 2.24) is 0 Å². The molecule has 2 nitrogen and oxygen atoms in total. The second-order valence-electron chi connectivity index (χ2n) is 5.70. The first-order valence-corrected chi connectivity index (χ1v) is 10.4. The molecule has 2 aromatic rings. The predicted molar refractivity (Wildman–Crippen MR) is 95.4 cm³/mol. The third-order valence-corrected chi connectivity index (χ3v) is 7.75. The van der Waals surface area contributed by atoms with Gasteiger partial charge in [0.1, 0.15) is 0 Å². The van der Waals surface area contributed by atoms with Crippen LogP contribution < -0.4 is 10.4 Å². The molecule has 0 fully saturated rings. The van der Waals surface area contributed by atoms with Crippen molar-refractivity contribution in [2.45, 2.75) is 32.9 Å². The van der Waals surface area contributed by atoms with E-state index in [-0.39, 0.29) is 0 Å². The third kappa shape index (κ3) is 4.29. The van der Waals surface area contributed by atoms with E-state index in [1.54, 1.807) is 0 Å². The van der Waals surface area contributed by atoms with Crippen molar-refractivity contribution in [3.05, 3.63) is 60.7 Å². The number of hydrogen-bond acceptors (Lipinski definition) is 2. The van der Waals surface area contributed by atoms with Crippen LogP contribution in [0.2, 0.25) is 6.55 Å². The molecule has 0 amide bonds. The Morgan fingerprint density at radius 3 is 1.82 bits per heavy atom. The highest BCUT2D eigenvalue weighted by atomic mass is 28.4. The van der Waals surface area contributed by atoms with E-state index in [9.17, 15) is 0 Å². The molecule has 0 saturated heterocycles. The van der Waals surface area contributed by atoms with Crippen LogP contribution in [-0.4, -0.2) is 27.6 Å². The van der Waals surface area contributed by atoms with E-state index >= 15 is 0 Å². The number of ether oxygens (including phenoxy) is 1. The van der Waals surface area contributed by atoms with Crippen LogP contribution in [0.3, 0.4) is 0 Å². The van der Waals surface area contributed by atoms with Gasteiger partial charge < -0.3 is 9.16 Å². The smallest absolute Gasteiger partial charge is 0.252 e. The van der Waals surface area contributed by atoms with Crippen molar-refractivity contribution >= 4 is 18.7 Å². The molecular formula is C19H26O2Si. The third-order valence-electron chi connectivity index (χ3n) is 4.10. The number of benzene rings is 2. The van der Waals surface area contributed by atoms with E-state index in [1.807, 2.05) is 0 Å². The average molecular weight is 315 g/mol. The normalized spacial score (nSPS) is 13.0. The van der Waals surface area contributed by atoms with Crippen LogP contribution in [-0.2, 0) is 9.16 Å². The Labute approximate surface area is 135 Å². The summed E-state index contributed by atoms with van der Waals surface area (Å²) in [5.41, 5.74) is 0. The van der Waals surface area contributed by atoms with Gasteiger partial charge in [0.05, 0.1) is 19.3 Å². The van der Waals surface area contributed by atoms with Gasteiger partial charge in [0, 0.05) is 0 Å². The molecule has 0 spiro atoms. The lowest BCUT2D eigenvalue weighted by Gasteiger charge is -2.28. The van der Waals surface area contributed by atoms with Gasteiger partial charge in [-0.15, -0.1) is 0 Å². The second kappa shape index (κ2) is 8.27. The molecule has 0 N–H and O–H groups in total. The SMILES string of the molecule is CCC(C)OCCO[Si](C)(c1ccccc1)c1ccccc1. The highest BCUT2D eigenvalue weighted by Crippen LogP contribution is 2.08. The first kappa shape index (κ1) is 16.9. The first-order chi connectivity index (χ1) is 10.7. The minimum Gasteiger partial charge on any atom is -0.406 e. The van der Waals surface area contributed by atoms with Crippen molar-refractivity contribution in [3.63, 3.8) is 0 Å². The van der Waals surface area contributed by atoms with Crippen LogP contribution in [0.15, 0.2) is 60.7 Å². The zero-order valence-corrected chi connectivity index (χ0v) is 14.8. The molecule has 3 heteroatoms. The maximum absolute atomic E-state index is 6.41. The van der Waals surface area contributed by atoms with Crippen LogP contribution >= 0.6 is 0 Å². The molecule has 0 aliphatic heterocycles. The monoisotopic (exact) mass is 314 g/mol. The Morgan fingerprint density at radius 1 is 0.864 bits per heavy atom. The largest absolute Gasteiger partial charge is 0.406 e. The van der Waals surface area contributed by atoms with Gasteiger partial charge in [-0.05, 0) is 30.3 Å². The molecule has 2 rings (SSSR count). The first-order valence-electron chi connectivity index (χ1n) is 8.03. The molecule has 0 radical (unpaired) electrons.